The molecule has 0 N–H and O–H groups in total. The number of benzene rings is 2. The van der Waals surface area contributed by atoms with Gasteiger partial charge in [0.2, 0.25) is 11.8 Å². The summed E-state index contributed by atoms with van der Waals surface area (Å²) in [6.45, 7) is 5.36. The van der Waals surface area contributed by atoms with Crippen LogP contribution in [0.4, 0.5) is 11.4 Å². The molecule has 2 aromatic carbocycles. The summed E-state index contributed by atoms with van der Waals surface area (Å²) >= 11 is 0. The molecule has 0 saturated carbocycles. The predicted molar refractivity (Wildman–Crippen MR) is 104 cm³/mol. The second kappa shape index (κ2) is 8.52. The molecule has 5 heteroatoms. The van der Waals surface area contributed by atoms with Crippen molar-refractivity contribution in [3.8, 4) is 0 Å². The molecule has 1 fully saturated rings. The molecule has 0 radical (unpaired) electrons. The van der Waals surface area contributed by atoms with Crippen LogP contribution in [-0.2, 0) is 9.59 Å². The van der Waals surface area contributed by atoms with Gasteiger partial charge in [-0.05, 0) is 31.2 Å². The number of nitrogens with zero attached hydrogens (tertiary/aromatic N) is 3. The smallest absolute Gasteiger partial charge is 0.236 e. The van der Waals surface area contributed by atoms with Crippen molar-refractivity contribution in [1.82, 2.24) is 4.90 Å². The lowest BCUT2D eigenvalue weighted by Crippen LogP contribution is -2.49. The number of amides is 2. The molecule has 136 valence electrons. The molecular formula is C21H25N3O2. The molecule has 0 aliphatic carbocycles. The first-order valence-electron chi connectivity index (χ1n) is 9.12. The second-order valence-corrected chi connectivity index (χ2v) is 6.35. The van der Waals surface area contributed by atoms with Crippen LogP contribution in [0, 0.1) is 0 Å². The van der Waals surface area contributed by atoms with E-state index in [1.54, 1.807) is 9.80 Å². The first kappa shape index (κ1) is 18.0. The van der Waals surface area contributed by atoms with Crippen LogP contribution in [0.2, 0.25) is 0 Å². The number of carbonyl (C=O) groups is 2. The van der Waals surface area contributed by atoms with E-state index < -0.39 is 0 Å². The Bertz CT molecular complexity index is 725. The Morgan fingerprint density at radius 1 is 0.885 bits per heavy atom. The lowest BCUT2D eigenvalue weighted by molar-refractivity contribution is -0.135. The third-order valence-corrected chi connectivity index (χ3v) is 4.74. The predicted octanol–water partition coefficient (Wildman–Crippen LogP) is 2.78. The van der Waals surface area contributed by atoms with Gasteiger partial charge in [0.15, 0.2) is 0 Å². The monoisotopic (exact) mass is 351 g/mol. The van der Waals surface area contributed by atoms with Crippen molar-refractivity contribution in [3.63, 3.8) is 0 Å². The molecule has 1 aliphatic heterocycles. The van der Waals surface area contributed by atoms with E-state index in [1.165, 1.54) is 5.69 Å². The van der Waals surface area contributed by atoms with Crippen molar-refractivity contribution < 1.29 is 9.59 Å². The van der Waals surface area contributed by atoms with Crippen molar-refractivity contribution in [2.75, 3.05) is 42.5 Å². The molecule has 0 atom stereocenters. The zero-order valence-corrected chi connectivity index (χ0v) is 15.2. The summed E-state index contributed by atoms with van der Waals surface area (Å²) in [5, 5.41) is 0. The van der Waals surface area contributed by atoms with Crippen LogP contribution in [0.5, 0.6) is 0 Å². The molecule has 1 aliphatic rings. The van der Waals surface area contributed by atoms with E-state index in [0.29, 0.717) is 19.6 Å². The number of para-hydroxylation sites is 2. The van der Waals surface area contributed by atoms with Gasteiger partial charge in [-0.3, -0.25) is 9.59 Å². The third-order valence-electron chi connectivity index (χ3n) is 4.74. The standard InChI is InChI=1S/C21H25N3O2/c1-2-24(19-11-7-4-8-12-19)21(26)17-20(25)23-15-13-22(14-16-23)18-9-5-3-6-10-18/h3-12H,2,13-17H2,1H3. The second-order valence-electron chi connectivity index (χ2n) is 6.35. The highest BCUT2D eigenvalue weighted by molar-refractivity contribution is 6.05. The maximum absolute atomic E-state index is 12.6. The maximum atomic E-state index is 12.6. The van der Waals surface area contributed by atoms with E-state index in [9.17, 15) is 9.59 Å². The average molecular weight is 351 g/mol. The minimum Gasteiger partial charge on any atom is -0.368 e. The Hall–Kier alpha value is -2.82. The molecule has 0 aromatic heterocycles. The van der Waals surface area contributed by atoms with Gasteiger partial charge in [0.25, 0.3) is 0 Å². The van der Waals surface area contributed by atoms with E-state index in [2.05, 4.69) is 17.0 Å². The number of hydrogen-bond donors (Lipinski definition) is 0. The Labute approximate surface area is 154 Å². The fourth-order valence-electron chi connectivity index (χ4n) is 3.30. The molecule has 26 heavy (non-hydrogen) atoms. The molecule has 0 bridgehead atoms. The van der Waals surface area contributed by atoms with Crippen LogP contribution >= 0.6 is 0 Å². The van der Waals surface area contributed by atoms with Crippen LogP contribution in [0.15, 0.2) is 60.7 Å². The van der Waals surface area contributed by atoms with Gasteiger partial charge in [-0.25, -0.2) is 0 Å². The number of carbonyl (C=O) groups excluding carboxylic acids is 2. The van der Waals surface area contributed by atoms with E-state index in [4.69, 9.17) is 0 Å². The lowest BCUT2D eigenvalue weighted by atomic mass is 10.2. The van der Waals surface area contributed by atoms with Gasteiger partial charge < -0.3 is 14.7 Å². The number of anilines is 2. The molecule has 2 amide bonds. The first-order valence-corrected chi connectivity index (χ1v) is 9.12. The Balaban J connectivity index is 1.54. The zero-order valence-electron chi connectivity index (χ0n) is 15.2. The van der Waals surface area contributed by atoms with E-state index in [0.717, 1.165) is 18.8 Å². The zero-order chi connectivity index (χ0) is 18.4. The largest absolute Gasteiger partial charge is 0.368 e. The minimum atomic E-state index is -0.144. The SMILES string of the molecule is CCN(C(=O)CC(=O)N1CCN(c2ccccc2)CC1)c1ccccc1. The number of rotatable bonds is 5. The van der Waals surface area contributed by atoms with Crippen molar-refractivity contribution in [2.24, 2.45) is 0 Å². The van der Waals surface area contributed by atoms with Crippen molar-refractivity contribution in [1.29, 1.82) is 0 Å². The van der Waals surface area contributed by atoms with Crippen LogP contribution in [0.1, 0.15) is 13.3 Å². The Morgan fingerprint density at radius 3 is 2.04 bits per heavy atom. The van der Waals surface area contributed by atoms with Gasteiger partial charge in [0.1, 0.15) is 6.42 Å². The highest BCUT2D eigenvalue weighted by Crippen LogP contribution is 2.17. The quantitative estimate of drug-likeness (QED) is 0.778. The summed E-state index contributed by atoms with van der Waals surface area (Å²) in [7, 11) is 0. The van der Waals surface area contributed by atoms with E-state index in [-0.39, 0.29) is 18.2 Å². The van der Waals surface area contributed by atoms with Crippen LogP contribution in [0.3, 0.4) is 0 Å². The van der Waals surface area contributed by atoms with E-state index >= 15 is 0 Å². The Morgan fingerprint density at radius 2 is 1.46 bits per heavy atom. The third kappa shape index (κ3) is 4.23. The average Bonchev–Trinajstić information content (AvgIpc) is 2.70. The summed E-state index contributed by atoms with van der Waals surface area (Å²) in [4.78, 5) is 30.9. The molecule has 2 aromatic rings. The molecule has 0 unspecified atom stereocenters. The summed E-state index contributed by atoms with van der Waals surface area (Å²) in [6, 6.07) is 19.7. The molecule has 5 nitrogen and oxygen atoms in total. The molecular weight excluding hydrogens is 326 g/mol. The summed E-state index contributed by atoms with van der Waals surface area (Å²) in [6.07, 6.45) is -0.0753. The first-order chi connectivity index (χ1) is 12.7. The van der Waals surface area contributed by atoms with Gasteiger partial charge in [-0.1, -0.05) is 36.4 Å². The fraction of sp³-hybridized carbons (Fsp3) is 0.333. The van der Waals surface area contributed by atoms with Gasteiger partial charge in [0.05, 0.1) is 0 Å². The molecule has 0 spiro atoms. The van der Waals surface area contributed by atoms with Gasteiger partial charge in [-0.2, -0.15) is 0 Å². The summed E-state index contributed by atoms with van der Waals surface area (Å²) in [5.41, 5.74) is 2.01. The number of piperazine rings is 1. The highest BCUT2D eigenvalue weighted by atomic mass is 16.2. The van der Waals surface area contributed by atoms with Crippen molar-refractivity contribution in [2.45, 2.75) is 13.3 Å². The number of hydrogen-bond acceptors (Lipinski definition) is 3. The van der Waals surface area contributed by atoms with E-state index in [1.807, 2.05) is 55.5 Å². The van der Waals surface area contributed by atoms with Gasteiger partial charge >= 0.3 is 0 Å². The Kier molecular flexibility index (Phi) is 5.89. The topological polar surface area (TPSA) is 43.9 Å². The normalized spacial score (nSPS) is 14.2. The molecule has 3 rings (SSSR count). The van der Waals surface area contributed by atoms with Crippen molar-refractivity contribution >= 4 is 23.2 Å². The van der Waals surface area contributed by atoms with Gasteiger partial charge in [-0.15, -0.1) is 0 Å². The van der Waals surface area contributed by atoms with Crippen LogP contribution in [-0.4, -0.2) is 49.4 Å². The maximum Gasteiger partial charge on any atom is 0.236 e. The van der Waals surface area contributed by atoms with Crippen molar-refractivity contribution in [3.05, 3.63) is 60.7 Å². The minimum absolute atomic E-state index is 0.0753. The fourth-order valence-corrected chi connectivity index (χ4v) is 3.30. The summed E-state index contributed by atoms with van der Waals surface area (Å²) < 4.78 is 0. The molecule has 1 heterocycles. The lowest BCUT2D eigenvalue weighted by Gasteiger charge is -2.36. The summed E-state index contributed by atoms with van der Waals surface area (Å²) in [5.74, 6) is -0.230. The van der Waals surface area contributed by atoms with Crippen LogP contribution < -0.4 is 9.80 Å². The molecule has 1 saturated heterocycles. The van der Waals surface area contributed by atoms with Gasteiger partial charge in [0, 0.05) is 44.1 Å². The van der Waals surface area contributed by atoms with Crippen LogP contribution in [0.25, 0.3) is 0 Å². The highest BCUT2D eigenvalue weighted by Gasteiger charge is 2.25.